The van der Waals surface area contributed by atoms with Crippen molar-refractivity contribution in [3.05, 3.63) is 64.2 Å². The molecule has 2 atom stereocenters. The molecule has 0 spiro atoms. The van der Waals surface area contributed by atoms with Gasteiger partial charge in [-0.1, -0.05) is 23.7 Å². The number of alkyl halides is 3. The molecule has 1 aliphatic rings. The number of fused-ring (bicyclic) bond motifs is 1. The molecule has 0 fully saturated rings. The number of carbonyl (C=O) groups is 1. The van der Waals surface area contributed by atoms with Crippen molar-refractivity contribution in [3.63, 3.8) is 0 Å². The first-order valence-corrected chi connectivity index (χ1v) is 7.59. The third kappa shape index (κ3) is 3.19. The first kappa shape index (κ1) is 16.6. The van der Waals surface area contributed by atoms with Crippen molar-refractivity contribution in [2.45, 2.75) is 24.6 Å². The molecule has 0 saturated carbocycles. The lowest BCUT2D eigenvalue weighted by Gasteiger charge is -2.31. The molecule has 1 aliphatic heterocycles. The maximum atomic E-state index is 12.7. The molecular weight excluding hydrogens is 343 g/mol. The largest absolute Gasteiger partial charge is 0.480 e. The van der Waals surface area contributed by atoms with Crippen LogP contribution in [0.5, 0.6) is 0 Å². The van der Waals surface area contributed by atoms with Crippen LogP contribution in [0.3, 0.4) is 0 Å². The minimum absolute atomic E-state index is 0.230. The monoisotopic (exact) mass is 355 g/mol. The molecule has 2 aromatic rings. The second kappa shape index (κ2) is 6.02. The summed E-state index contributed by atoms with van der Waals surface area (Å²) >= 11 is 6.02. The highest BCUT2D eigenvalue weighted by Gasteiger charge is 2.33. The molecule has 1 heterocycles. The van der Waals surface area contributed by atoms with E-state index in [4.69, 9.17) is 11.6 Å². The maximum absolute atomic E-state index is 12.7. The summed E-state index contributed by atoms with van der Waals surface area (Å²) in [6, 6.07) is 9.03. The smallest absolute Gasteiger partial charge is 0.416 e. The summed E-state index contributed by atoms with van der Waals surface area (Å²) in [5.74, 6) is -1.35. The molecule has 0 aromatic heterocycles. The standard InChI is InChI=1S/C17H13ClF3NO2/c18-11-5-6-14-13(7-11)12(8-15(22-14)16(23)24)9-1-3-10(4-2-9)17(19,20)21/h1-7,12,15,22H,8H2,(H,23,24). The van der Waals surface area contributed by atoms with Crippen molar-refractivity contribution in [1.29, 1.82) is 0 Å². The third-order valence-electron chi connectivity index (χ3n) is 4.13. The van der Waals surface area contributed by atoms with Gasteiger partial charge in [0.2, 0.25) is 0 Å². The molecule has 0 aliphatic carbocycles. The number of carboxylic acids is 1. The Kier molecular flexibility index (Phi) is 4.17. The van der Waals surface area contributed by atoms with E-state index in [1.54, 1.807) is 18.2 Å². The Labute approximate surface area is 141 Å². The lowest BCUT2D eigenvalue weighted by molar-refractivity contribution is -0.138. The number of hydrogen-bond donors (Lipinski definition) is 2. The zero-order chi connectivity index (χ0) is 17.5. The molecule has 0 radical (unpaired) electrons. The van der Waals surface area contributed by atoms with Crippen LogP contribution in [0.15, 0.2) is 42.5 Å². The molecular formula is C17H13ClF3NO2. The molecule has 3 nitrogen and oxygen atoms in total. The van der Waals surface area contributed by atoms with Crippen molar-refractivity contribution in [2.75, 3.05) is 5.32 Å². The minimum Gasteiger partial charge on any atom is -0.480 e. The number of rotatable bonds is 2. The molecule has 24 heavy (non-hydrogen) atoms. The number of anilines is 1. The van der Waals surface area contributed by atoms with Crippen molar-refractivity contribution in [1.82, 2.24) is 0 Å². The lowest BCUT2D eigenvalue weighted by atomic mass is 9.82. The fraction of sp³-hybridized carbons (Fsp3) is 0.235. The summed E-state index contributed by atoms with van der Waals surface area (Å²) in [7, 11) is 0. The van der Waals surface area contributed by atoms with Gasteiger partial charge in [-0.25, -0.2) is 4.79 Å². The summed E-state index contributed by atoms with van der Waals surface area (Å²) in [6.07, 6.45) is -4.18. The Bertz CT molecular complexity index is 774. The maximum Gasteiger partial charge on any atom is 0.416 e. The number of benzene rings is 2. The highest BCUT2D eigenvalue weighted by atomic mass is 35.5. The van der Waals surface area contributed by atoms with Gasteiger partial charge in [0, 0.05) is 16.6 Å². The predicted octanol–water partition coefficient (Wildman–Crippen LogP) is 4.76. The van der Waals surface area contributed by atoms with Gasteiger partial charge in [-0.15, -0.1) is 0 Å². The van der Waals surface area contributed by atoms with Gasteiger partial charge in [0.05, 0.1) is 5.56 Å². The van der Waals surface area contributed by atoms with Crippen LogP contribution >= 0.6 is 11.6 Å². The molecule has 3 rings (SSSR count). The van der Waals surface area contributed by atoms with Gasteiger partial charge in [-0.2, -0.15) is 13.2 Å². The average Bonchev–Trinajstić information content (AvgIpc) is 2.53. The van der Waals surface area contributed by atoms with Crippen LogP contribution in [-0.4, -0.2) is 17.1 Å². The van der Waals surface area contributed by atoms with Gasteiger partial charge in [-0.3, -0.25) is 0 Å². The number of aliphatic carboxylic acids is 1. The normalized spacial score (nSPS) is 20.2. The molecule has 2 unspecified atom stereocenters. The van der Waals surface area contributed by atoms with Crippen LogP contribution in [0.2, 0.25) is 5.02 Å². The van der Waals surface area contributed by atoms with Crippen LogP contribution < -0.4 is 5.32 Å². The summed E-state index contributed by atoms with van der Waals surface area (Å²) in [6.45, 7) is 0. The predicted molar refractivity (Wildman–Crippen MR) is 84.4 cm³/mol. The van der Waals surface area contributed by atoms with E-state index in [1.807, 2.05) is 0 Å². The van der Waals surface area contributed by atoms with E-state index in [0.29, 0.717) is 16.3 Å². The van der Waals surface area contributed by atoms with Crippen molar-refractivity contribution in [3.8, 4) is 0 Å². The highest BCUT2D eigenvalue weighted by Crippen LogP contribution is 2.41. The Morgan fingerprint density at radius 1 is 1.17 bits per heavy atom. The highest BCUT2D eigenvalue weighted by molar-refractivity contribution is 6.30. The summed E-state index contributed by atoms with van der Waals surface area (Å²) in [5.41, 5.74) is 1.29. The summed E-state index contributed by atoms with van der Waals surface area (Å²) in [5, 5.41) is 12.7. The van der Waals surface area contributed by atoms with Crippen LogP contribution in [0, 0.1) is 0 Å². The molecule has 0 saturated heterocycles. The van der Waals surface area contributed by atoms with E-state index in [9.17, 15) is 23.1 Å². The third-order valence-corrected chi connectivity index (χ3v) is 4.36. The fourth-order valence-corrected chi connectivity index (χ4v) is 3.13. The quantitative estimate of drug-likeness (QED) is 0.816. The first-order valence-electron chi connectivity index (χ1n) is 7.21. The van der Waals surface area contributed by atoms with E-state index in [2.05, 4.69) is 5.32 Å². The minimum atomic E-state index is -4.41. The SMILES string of the molecule is O=C(O)C1CC(c2ccc(C(F)(F)F)cc2)c2cc(Cl)ccc2N1. The van der Waals surface area contributed by atoms with E-state index in [1.165, 1.54) is 12.1 Å². The van der Waals surface area contributed by atoms with Crippen LogP contribution in [0.25, 0.3) is 0 Å². The van der Waals surface area contributed by atoms with Crippen molar-refractivity contribution < 1.29 is 23.1 Å². The Morgan fingerprint density at radius 2 is 1.83 bits per heavy atom. The molecule has 126 valence electrons. The Balaban J connectivity index is 2.02. The molecule has 0 bridgehead atoms. The number of carboxylic acid groups (broad SMARTS) is 1. The van der Waals surface area contributed by atoms with E-state index in [0.717, 1.165) is 17.7 Å². The summed E-state index contributed by atoms with van der Waals surface area (Å²) in [4.78, 5) is 11.4. The van der Waals surface area contributed by atoms with Crippen LogP contribution in [-0.2, 0) is 11.0 Å². The van der Waals surface area contributed by atoms with Gasteiger partial charge in [-0.05, 0) is 47.9 Å². The van der Waals surface area contributed by atoms with Crippen LogP contribution in [0.4, 0.5) is 18.9 Å². The number of hydrogen-bond acceptors (Lipinski definition) is 2. The lowest BCUT2D eigenvalue weighted by Crippen LogP contribution is -2.35. The Hall–Kier alpha value is -2.21. The van der Waals surface area contributed by atoms with E-state index >= 15 is 0 Å². The van der Waals surface area contributed by atoms with E-state index < -0.39 is 23.8 Å². The second-order valence-electron chi connectivity index (χ2n) is 5.67. The molecule has 0 amide bonds. The number of nitrogens with one attached hydrogen (secondary N) is 1. The van der Waals surface area contributed by atoms with Crippen molar-refractivity contribution >= 4 is 23.3 Å². The zero-order valence-corrected chi connectivity index (χ0v) is 13.0. The van der Waals surface area contributed by atoms with E-state index in [-0.39, 0.29) is 12.3 Å². The van der Waals surface area contributed by atoms with Gasteiger partial charge >= 0.3 is 12.1 Å². The van der Waals surface area contributed by atoms with Gasteiger partial charge in [0.25, 0.3) is 0 Å². The topological polar surface area (TPSA) is 49.3 Å². The Morgan fingerprint density at radius 3 is 2.42 bits per heavy atom. The molecule has 7 heteroatoms. The fourth-order valence-electron chi connectivity index (χ4n) is 2.95. The second-order valence-corrected chi connectivity index (χ2v) is 6.11. The van der Waals surface area contributed by atoms with Crippen molar-refractivity contribution in [2.24, 2.45) is 0 Å². The molecule has 2 N–H and O–H groups in total. The molecule has 2 aromatic carbocycles. The van der Waals surface area contributed by atoms with Crippen LogP contribution in [0.1, 0.15) is 29.0 Å². The summed E-state index contributed by atoms with van der Waals surface area (Å²) < 4.78 is 38.1. The van der Waals surface area contributed by atoms with Gasteiger partial charge in [0.1, 0.15) is 6.04 Å². The van der Waals surface area contributed by atoms with Gasteiger partial charge in [0.15, 0.2) is 0 Å². The zero-order valence-electron chi connectivity index (χ0n) is 12.3. The average molecular weight is 356 g/mol. The number of halogens is 4. The first-order chi connectivity index (χ1) is 11.3. The van der Waals surface area contributed by atoms with Gasteiger partial charge < -0.3 is 10.4 Å².